The van der Waals surface area contributed by atoms with Crippen molar-refractivity contribution in [3.63, 3.8) is 0 Å². The van der Waals surface area contributed by atoms with Crippen LogP contribution in [0, 0.1) is 0 Å². The van der Waals surface area contributed by atoms with E-state index in [9.17, 15) is 50.1 Å². The lowest BCUT2D eigenvalue weighted by Crippen LogP contribution is -2.61. The first-order chi connectivity index (χ1) is 25.9. The summed E-state index contributed by atoms with van der Waals surface area (Å²) in [4.78, 5) is 39.5. The first-order valence-electron chi connectivity index (χ1n) is 16.2. The fourth-order valence-corrected chi connectivity index (χ4v) is 5.46. The molecule has 278 valence electrons. The van der Waals surface area contributed by atoms with Gasteiger partial charge in [0.1, 0.15) is 58.5 Å². The number of fused-ring (bicyclic) bond motifs is 1. The van der Waals surface area contributed by atoms with E-state index in [4.69, 9.17) is 23.4 Å². The quantitative estimate of drug-likeness (QED) is 0.0798. The molecule has 0 amide bonds. The van der Waals surface area contributed by atoms with Crippen LogP contribution in [0.3, 0.4) is 0 Å². The summed E-state index contributed by atoms with van der Waals surface area (Å²) < 4.78 is 28.3. The highest BCUT2D eigenvalue weighted by atomic mass is 16.7. The molecule has 15 nitrogen and oxygen atoms in total. The van der Waals surface area contributed by atoms with E-state index < -0.39 is 77.3 Å². The summed E-state index contributed by atoms with van der Waals surface area (Å²) >= 11 is 0. The molecule has 54 heavy (non-hydrogen) atoms. The van der Waals surface area contributed by atoms with Crippen molar-refractivity contribution in [1.82, 2.24) is 0 Å². The summed E-state index contributed by atoms with van der Waals surface area (Å²) in [7, 11) is 0. The predicted molar refractivity (Wildman–Crippen MR) is 189 cm³/mol. The summed E-state index contributed by atoms with van der Waals surface area (Å²) in [6, 6.07) is 19.0. The monoisotopic (exact) mass is 740 g/mol. The maximum Gasteiger partial charge on any atom is 0.331 e. The molecule has 0 saturated carbocycles. The number of carbonyl (C=O) groups excluding carboxylic acids is 2. The van der Waals surface area contributed by atoms with E-state index >= 15 is 0 Å². The highest BCUT2D eigenvalue weighted by Crippen LogP contribution is 2.38. The average molecular weight is 741 g/mol. The molecule has 2 heterocycles. The van der Waals surface area contributed by atoms with Crippen molar-refractivity contribution in [2.24, 2.45) is 0 Å². The molecule has 15 heteroatoms. The van der Waals surface area contributed by atoms with E-state index in [0.717, 1.165) is 24.3 Å². The Morgan fingerprint density at radius 1 is 0.704 bits per heavy atom. The molecule has 4 aromatic carbocycles. The van der Waals surface area contributed by atoms with Crippen LogP contribution in [-0.4, -0.2) is 85.0 Å². The van der Waals surface area contributed by atoms with Gasteiger partial charge in [0.05, 0.1) is 0 Å². The van der Waals surface area contributed by atoms with Gasteiger partial charge < -0.3 is 59.1 Å². The third-order valence-electron chi connectivity index (χ3n) is 8.18. The minimum atomic E-state index is -2.00. The van der Waals surface area contributed by atoms with E-state index in [-0.39, 0.29) is 34.2 Å². The van der Waals surface area contributed by atoms with Crippen molar-refractivity contribution < 1.29 is 68.7 Å². The zero-order valence-electron chi connectivity index (χ0n) is 27.9. The maximum atomic E-state index is 13.9. The van der Waals surface area contributed by atoms with Crippen LogP contribution in [0.15, 0.2) is 106 Å². The number of ether oxygens (including phenoxy) is 4. The Kier molecular flexibility index (Phi) is 10.8. The number of esters is 2. The van der Waals surface area contributed by atoms with Gasteiger partial charge in [-0.1, -0.05) is 24.3 Å². The summed E-state index contributed by atoms with van der Waals surface area (Å²) in [5.74, 6) is -4.01. The SMILES string of the molecule is O=C(/C=C/c1ccc(O)cc1)OC[C@@H]1O[C@@H](Oc2c(-c3ccc(O)cc3)oc3cc(O)cc(O)c3c2=O)[C@@H](O)[C@H](OC(=O)/C=C/c2ccc(O)cc2)[C@@H]1O. The van der Waals surface area contributed by atoms with Crippen LogP contribution in [0.2, 0.25) is 0 Å². The fourth-order valence-electron chi connectivity index (χ4n) is 5.46. The topological polar surface area (TPSA) is 243 Å². The molecule has 7 N–H and O–H groups in total. The number of rotatable bonds is 10. The molecule has 0 radical (unpaired) electrons. The van der Waals surface area contributed by atoms with Crippen LogP contribution in [0.1, 0.15) is 11.1 Å². The standard InChI is InChI=1S/C39H32O15/c40-23-9-1-20(2-10-23)5-15-30(45)50-19-29-33(47)37(53-31(46)16-6-21-3-11-24(41)12-4-21)35(49)39(52-29)54-38-34(48)32-27(44)17-26(43)18-28(32)51-36(38)22-7-13-25(42)14-8-22/h1-18,29,33,35,37,39-44,47,49H,19H2/b15-5+,16-6+/t29-,33+,35-,37+,39-/m0/s1. The van der Waals surface area contributed by atoms with Crippen LogP contribution in [0.5, 0.6) is 34.5 Å². The molecule has 0 unspecified atom stereocenters. The van der Waals surface area contributed by atoms with Gasteiger partial charge in [-0.2, -0.15) is 0 Å². The first kappa shape index (κ1) is 37.0. The minimum absolute atomic E-state index is 0.000756. The minimum Gasteiger partial charge on any atom is -0.508 e. The molecular formula is C39H32O15. The number of carbonyl (C=O) groups is 2. The smallest absolute Gasteiger partial charge is 0.331 e. The van der Waals surface area contributed by atoms with Gasteiger partial charge in [-0.3, -0.25) is 4.79 Å². The lowest BCUT2D eigenvalue weighted by molar-refractivity contribution is -0.281. The molecule has 1 aromatic heterocycles. The van der Waals surface area contributed by atoms with Crippen LogP contribution >= 0.6 is 0 Å². The molecule has 0 spiro atoms. The predicted octanol–water partition coefficient (Wildman–Crippen LogP) is 3.70. The first-order valence-corrected chi connectivity index (χ1v) is 16.2. The Morgan fingerprint density at radius 3 is 1.85 bits per heavy atom. The molecule has 0 aliphatic carbocycles. The molecule has 1 aliphatic rings. The Labute approximate surface area is 305 Å². The second kappa shape index (κ2) is 15.8. The zero-order valence-corrected chi connectivity index (χ0v) is 27.9. The summed E-state index contributed by atoms with van der Waals surface area (Å²) in [5, 5.41) is 71.7. The average Bonchev–Trinajstić information content (AvgIpc) is 3.14. The third kappa shape index (κ3) is 8.45. The normalized spacial score (nSPS) is 19.9. The summed E-state index contributed by atoms with van der Waals surface area (Å²) in [5.41, 5.74) is 0.00793. The van der Waals surface area contributed by atoms with E-state index in [2.05, 4.69) is 0 Å². The van der Waals surface area contributed by atoms with Crippen molar-refractivity contribution in [1.29, 1.82) is 0 Å². The molecule has 0 bridgehead atoms. The molecule has 5 aromatic rings. The van der Waals surface area contributed by atoms with Gasteiger partial charge in [0.25, 0.3) is 0 Å². The van der Waals surface area contributed by atoms with E-state index in [1.165, 1.54) is 72.8 Å². The second-order valence-electron chi connectivity index (χ2n) is 12.0. The van der Waals surface area contributed by atoms with Crippen molar-refractivity contribution in [2.45, 2.75) is 30.7 Å². The van der Waals surface area contributed by atoms with E-state index in [1.807, 2.05) is 0 Å². The Bertz CT molecular complexity index is 2260. The zero-order chi connectivity index (χ0) is 38.5. The van der Waals surface area contributed by atoms with Gasteiger partial charge in [-0.05, 0) is 71.8 Å². The summed E-state index contributed by atoms with van der Waals surface area (Å²) in [6.45, 7) is -0.666. The van der Waals surface area contributed by atoms with Gasteiger partial charge in [-0.15, -0.1) is 0 Å². The lowest BCUT2D eigenvalue weighted by atomic mass is 9.98. The van der Waals surface area contributed by atoms with Gasteiger partial charge in [-0.25, -0.2) is 9.59 Å². The maximum absolute atomic E-state index is 13.9. The van der Waals surface area contributed by atoms with E-state index in [1.54, 1.807) is 12.1 Å². The molecule has 1 fully saturated rings. The van der Waals surface area contributed by atoms with Crippen molar-refractivity contribution >= 4 is 35.1 Å². The van der Waals surface area contributed by atoms with E-state index in [0.29, 0.717) is 11.1 Å². The molecule has 5 atom stereocenters. The van der Waals surface area contributed by atoms with Crippen molar-refractivity contribution in [3.05, 3.63) is 118 Å². The number of aromatic hydroxyl groups is 5. The number of benzene rings is 4. The highest BCUT2D eigenvalue weighted by molar-refractivity contribution is 5.89. The Morgan fingerprint density at radius 2 is 1.26 bits per heavy atom. The van der Waals surface area contributed by atoms with Crippen LogP contribution in [-0.2, 0) is 23.8 Å². The van der Waals surface area contributed by atoms with Crippen molar-refractivity contribution in [2.75, 3.05) is 6.61 Å². The lowest BCUT2D eigenvalue weighted by Gasteiger charge is -2.41. The molecule has 6 rings (SSSR count). The van der Waals surface area contributed by atoms with Gasteiger partial charge >= 0.3 is 11.9 Å². The Hall–Kier alpha value is -6.81. The summed E-state index contributed by atoms with van der Waals surface area (Å²) in [6.07, 6.45) is -4.24. The molecule has 1 aliphatic heterocycles. The third-order valence-corrected chi connectivity index (χ3v) is 8.18. The number of phenols is 5. The number of phenolic OH excluding ortho intramolecular Hbond substituents is 5. The molecule has 1 saturated heterocycles. The number of hydrogen-bond acceptors (Lipinski definition) is 15. The van der Waals surface area contributed by atoms with Crippen LogP contribution in [0.4, 0.5) is 0 Å². The van der Waals surface area contributed by atoms with Gasteiger partial charge in [0.15, 0.2) is 18.0 Å². The van der Waals surface area contributed by atoms with Gasteiger partial charge in [0, 0.05) is 29.8 Å². The van der Waals surface area contributed by atoms with Crippen LogP contribution < -0.4 is 10.2 Å². The fraction of sp³-hybridized carbons (Fsp3) is 0.154. The Balaban J connectivity index is 1.32. The largest absolute Gasteiger partial charge is 0.508 e. The molecular weight excluding hydrogens is 708 g/mol. The number of aliphatic hydroxyl groups excluding tert-OH is 2. The number of hydrogen-bond donors (Lipinski definition) is 7. The highest BCUT2D eigenvalue weighted by Gasteiger charge is 2.49. The van der Waals surface area contributed by atoms with Crippen molar-refractivity contribution in [3.8, 4) is 45.8 Å². The number of aliphatic hydroxyl groups is 2. The van der Waals surface area contributed by atoms with Crippen LogP contribution in [0.25, 0.3) is 34.4 Å². The second-order valence-corrected chi connectivity index (χ2v) is 12.0. The van der Waals surface area contributed by atoms with Gasteiger partial charge in [0.2, 0.25) is 17.5 Å².